The van der Waals surface area contributed by atoms with E-state index in [1.807, 2.05) is 13.8 Å². The first-order valence-electron chi connectivity index (χ1n) is 12.4. The maximum atomic E-state index is 12.7. The van der Waals surface area contributed by atoms with E-state index < -0.39 is 35.3 Å². The minimum absolute atomic E-state index is 0.0324. The minimum Gasteiger partial charge on any atom is -0.481 e. The standard InChI is InChI=1S/C25H46O7/c1-5-7-12-16-24(22(28)29,17-13-10-9-11-15-20(3)4)25(23(30)31,19-21(26)27)32-18-14-8-6-2/h20H,5-19H2,1-4H3,(H,26,27)(H,28,29)(H,30,31). The average molecular weight is 459 g/mol. The summed E-state index contributed by atoms with van der Waals surface area (Å²) in [4.78, 5) is 37.0. The molecule has 188 valence electrons. The number of aliphatic carboxylic acids is 3. The van der Waals surface area contributed by atoms with Crippen molar-refractivity contribution in [3.63, 3.8) is 0 Å². The van der Waals surface area contributed by atoms with Crippen molar-refractivity contribution < 1.29 is 34.4 Å². The summed E-state index contributed by atoms with van der Waals surface area (Å²) in [5.74, 6) is -3.51. The number of carbonyl (C=O) groups is 3. The zero-order chi connectivity index (χ0) is 24.6. The molecule has 0 radical (unpaired) electrons. The Kier molecular flexibility index (Phi) is 15.2. The third-order valence-electron chi connectivity index (χ3n) is 6.37. The van der Waals surface area contributed by atoms with Crippen LogP contribution in [0.2, 0.25) is 0 Å². The number of hydrogen-bond donors (Lipinski definition) is 3. The Balaban J connectivity index is 5.96. The van der Waals surface area contributed by atoms with Crippen molar-refractivity contribution >= 4 is 17.9 Å². The van der Waals surface area contributed by atoms with E-state index in [1.165, 1.54) is 0 Å². The van der Waals surface area contributed by atoms with Gasteiger partial charge < -0.3 is 20.1 Å². The maximum absolute atomic E-state index is 12.7. The molecule has 0 aromatic heterocycles. The monoisotopic (exact) mass is 458 g/mol. The molecule has 0 heterocycles. The van der Waals surface area contributed by atoms with Crippen LogP contribution >= 0.6 is 0 Å². The molecular formula is C25H46O7. The quantitative estimate of drug-likeness (QED) is 0.177. The molecule has 0 aliphatic heterocycles. The van der Waals surface area contributed by atoms with Crippen LogP contribution < -0.4 is 0 Å². The van der Waals surface area contributed by atoms with Gasteiger partial charge in [-0.05, 0) is 25.2 Å². The van der Waals surface area contributed by atoms with Crippen LogP contribution in [0.5, 0.6) is 0 Å². The van der Waals surface area contributed by atoms with E-state index in [9.17, 15) is 29.7 Å². The van der Waals surface area contributed by atoms with Crippen molar-refractivity contribution in [2.75, 3.05) is 6.61 Å². The summed E-state index contributed by atoms with van der Waals surface area (Å²) < 4.78 is 5.81. The number of unbranched alkanes of at least 4 members (excludes halogenated alkanes) is 7. The van der Waals surface area contributed by atoms with Gasteiger partial charge in [0.25, 0.3) is 0 Å². The molecule has 0 spiro atoms. The van der Waals surface area contributed by atoms with Crippen LogP contribution in [0.1, 0.15) is 118 Å². The van der Waals surface area contributed by atoms with E-state index in [0.717, 1.165) is 51.4 Å². The number of carboxylic acid groups (broad SMARTS) is 3. The lowest BCUT2D eigenvalue weighted by Gasteiger charge is -2.44. The molecule has 7 heteroatoms. The van der Waals surface area contributed by atoms with E-state index >= 15 is 0 Å². The normalized spacial score (nSPS) is 15.3. The van der Waals surface area contributed by atoms with Crippen LogP contribution in [0.15, 0.2) is 0 Å². The van der Waals surface area contributed by atoms with Crippen LogP contribution in [-0.2, 0) is 19.1 Å². The predicted octanol–water partition coefficient (Wildman–Crippen LogP) is 6.14. The van der Waals surface area contributed by atoms with E-state index in [1.54, 1.807) is 0 Å². The highest BCUT2D eigenvalue weighted by atomic mass is 16.5. The fourth-order valence-electron chi connectivity index (χ4n) is 4.44. The second kappa shape index (κ2) is 16.1. The fourth-order valence-corrected chi connectivity index (χ4v) is 4.44. The van der Waals surface area contributed by atoms with Gasteiger partial charge in [0, 0.05) is 6.61 Å². The van der Waals surface area contributed by atoms with Crippen LogP contribution in [0.3, 0.4) is 0 Å². The molecule has 0 saturated heterocycles. The number of hydrogen-bond acceptors (Lipinski definition) is 4. The van der Waals surface area contributed by atoms with Gasteiger partial charge in [0.15, 0.2) is 5.60 Å². The average Bonchev–Trinajstić information content (AvgIpc) is 2.70. The van der Waals surface area contributed by atoms with Crippen molar-refractivity contribution in [1.29, 1.82) is 0 Å². The zero-order valence-corrected chi connectivity index (χ0v) is 20.7. The minimum atomic E-state index is -2.29. The Morgan fingerprint density at radius 2 is 1.28 bits per heavy atom. The second-order valence-corrected chi connectivity index (χ2v) is 9.45. The molecule has 0 bridgehead atoms. The molecule has 0 fully saturated rings. The lowest BCUT2D eigenvalue weighted by molar-refractivity contribution is -0.208. The summed E-state index contributed by atoms with van der Waals surface area (Å²) in [7, 11) is 0. The van der Waals surface area contributed by atoms with Gasteiger partial charge >= 0.3 is 17.9 Å². The van der Waals surface area contributed by atoms with E-state index in [-0.39, 0.29) is 19.4 Å². The fraction of sp³-hybridized carbons (Fsp3) is 0.880. The first kappa shape index (κ1) is 30.4. The van der Waals surface area contributed by atoms with Gasteiger partial charge in [-0.25, -0.2) is 4.79 Å². The highest BCUT2D eigenvalue weighted by Crippen LogP contribution is 2.47. The van der Waals surface area contributed by atoms with E-state index in [2.05, 4.69) is 13.8 Å². The van der Waals surface area contributed by atoms with E-state index in [0.29, 0.717) is 25.2 Å². The van der Waals surface area contributed by atoms with Crippen molar-refractivity contribution in [1.82, 2.24) is 0 Å². The Labute approximate surface area is 193 Å². The molecule has 0 aliphatic rings. The molecule has 0 aliphatic carbocycles. The summed E-state index contributed by atoms with van der Waals surface area (Å²) in [6.07, 6.45) is 8.10. The molecule has 0 aromatic carbocycles. The third kappa shape index (κ3) is 9.47. The van der Waals surface area contributed by atoms with Gasteiger partial charge in [0.05, 0.1) is 6.42 Å². The molecule has 0 rings (SSSR count). The smallest absolute Gasteiger partial charge is 0.337 e. The van der Waals surface area contributed by atoms with Gasteiger partial charge in [-0.15, -0.1) is 0 Å². The first-order valence-corrected chi connectivity index (χ1v) is 12.4. The molecule has 0 amide bonds. The first-order chi connectivity index (χ1) is 15.1. The summed E-state index contributed by atoms with van der Waals surface area (Å²) in [5, 5.41) is 30.2. The molecule has 3 N–H and O–H groups in total. The Morgan fingerprint density at radius 3 is 1.75 bits per heavy atom. The molecule has 0 saturated carbocycles. The Hall–Kier alpha value is -1.63. The summed E-state index contributed by atoms with van der Waals surface area (Å²) >= 11 is 0. The predicted molar refractivity (Wildman–Crippen MR) is 125 cm³/mol. The van der Waals surface area contributed by atoms with Crippen LogP contribution in [0, 0.1) is 11.3 Å². The molecule has 0 aromatic rings. The Morgan fingerprint density at radius 1 is 0.750 bits per heavy atom. The number of rotatable bonds is 21. The second-order valence-electron chi connectivity index (χ2n) is 9.45. The lowest BCUT2D eigenvalue weighted by atomic mass is 9.63. The Bertz CT molecular complexity index is 560. The highest BCUT2D eigenvalue weighted by Gasteiger charge is 2.63. The summed E-state index contributed by atoms with van der Waals surface area (Å²) in [6.45, 7) is 8.33. The van der Waals surface area contributed by atoms with Gasteiger partial charge in [-0.3, -0.25) is 9.59 Å². The lowest BCUT2D eigenvalue weighted by Crippen LogP contribution is -2.61. The molecule has 7 nitrogen and oxygen atoms in total. The van der Waals surface area contributed by atoms with Gasteiger partial charge in [0.1, 0.15) is 5.41 Å². The molecule has 2 atom stereocenters. The van der Waals surface area contributed by atoms with E-state index in [4.69, 9.17) is 4.74 Å². The van der Waals surface area contributed by atoms with Crippen LogP contribution in [0.4, 0.5) is 0 Å². The van der Waals surface area contributed by atoms with Crippen molar-refractivity contribution in [3.05, 3.63) is 0 Å². The summed E-state index contributed by atoms with van der Waals surface area (Å²) in [5.41, 5.74) is -4.07. The molecule has 32 heavy (non-hydrogen) atoms. The van der Waals surface area contributed by atoms with Crippen molar-refractivity contribution in [3.8, 4) is 0 Å². The van der Waals surface area contributed by atoms with Gasteiger partial charge in [0.2, 0.25) is 0 Å². The van der Waals surface area contributed by atoms with Gasteiger partial charge in [-0.1, -0.05) is 91.9 Å². The van der Waals surface area contributed by atoms with Crippen molar-refractivity contribution in [2.45, 2.75) is 123 Å². The highest BCUT2D eigenvalue weighted by molar-refractivity contribution is 5.92. The topological polar surface area (TPSA) is 121 Å². The molecular weight excluding hydrogens is 412 g/mol. The number of ether oxygens (including phenoxy) is 1. The largest absolute Gasteiger partial charge is 0.481 e. The van der Waals surface area contributed by atoms with Crippen molar-refractivity contribution in [2.24, 2.45) is 11.3 Å². The number of carboxylic acids is 3. The third-order valence-corrected chi connectivity index (χ3v) is 6.37. The van der Waals surface area contributed by atoms with Gasteiger partial charge in [-0.2, -0.15) is 0 Å². The SMILES string of the molecule is CCCCCOC(CC(=O)O)(C(=O)O)C(CCCCC)(CCCCCCC(C)C)C(=O)O. The molecule has 2 unspecified atom stereocenters. The zero-order valence-electron chi connectivity index (χ0n) is 20.7. The summed E-state index contributed by atoms with van der Waals surface area (Å²) in [6, 6.07) is 0. The van der Waals surface area contributed by atoms with Crippen LogP contribution in [-0.4, -0.2) is 45.4 Å². The maximum Gasteiger partial charge on any atom is 0.337 e. The van der Waals surface area contributed by atoms with Crippen LogP contribution in [0.25, 0.3) is 0 Å².